The average molecular weight is 368 g/mol. The number of carbonyl (C=O) groups excluding carboxylic acids is 2. The number of nitriles is 1. The zero-order chi connectivity index (χ0) is 20.0. The van der Waals surface area contributed by atoms with Crippen LogP contribution in [0.15, 0.2) is 30.3 Å². The molecule has 0 heterocycles. The van der Waals surface area contributed by atoms with E-state index in [-0.39, 0.29) is 11.5 Å². The summed E-state index contributed by atoms with van der Waals surface area (Å²) in [5.74, 6) is -1.70. The highest BCUT2D eigenvalue weighted by molar-refractivity contribution is 5.89. The van der Waals surface area contributed by atoms with E-state index in [1.807, 2.05) is 6.07 Å². The molecule has 0 aliphatic carbocycles. The van der Waals surface area contributed by atoms with Crippen LogP contribution in [0.5, 0.6) is 0 Å². The fourth-order valence-corrected chi connectivity index (χ4v) is 1.79. The van der Waals surface area contributed by atoms with Crippen molar-refractivity contribution in [3.63, 3.8) is 0 Å². The lowest BCUT2D eigenvalue weighted by Gasteiger charge is -2.27. The van der Waals surface area contributed by atoms with E-state index in [4.69, 9.17) is 10.00 Å². The van der Waals surface area contributed by atoms with E-state index < -0.39 is 35.8 Å². The summed E-state index contributed by atoms with van der Waals surface area (Å²) in [4.78, 5) is 23.4. The van der Waals surface area contributed by atoms with Crippen molar-refractivity contribution in [3.05, 3.63) is 41.5 Å². The Labute approximate surface area is 149 Å². The summed E-state index contributed by atoms with van der Waals surface area (Å²) in [6.45, 7) is 4.46. The molecule has 0 aromatic heterocycles. The molecule has 0 bridgehead atoms. The zero-order valence-electron chi connectivity index (χ0n) is 14.6. The predicted octanol–water partition coefficient (Wildman–Crippen LogP) is 3.32. The Morgan fingerprint density at radius 3 is 2.54 bits per heavy atom. The summed E-state index contributed by atoms with van der Waals surface area (Å²) in [5, 5.41) is 11.6. The highest BCUT2D eigenvalue weighted by Gasteiger charge is 2.31. The molecule has 1 atom stereocenters. The molecule has 0 saturated carbocycles. The number of nitrogens with one attached hydrogen (secondary N) is 1. The molecule has 26 heavy (non-hydrogen) atoms. The second kappa shape index (κ2) is 8.52. The Hall–Kier alpha value is -2.82. The predicted molar refractivity (Wildman–Crippen MR) is 88.4 cm³/mol. The van der Waals surface area contributed by atoms with Crippen LogP contribution in [0, 0.1) is 17.2 Å². The fourth-order valence-electron chi connectivity index (χ4n) is 1.79. The highest BCUT2D eigenvalue weighted by atomic mass is 19.4. The van der Waals surface area contributed by atoms with Gasteiger partial charge in [0.15, 0.2) is 6.61 Å². The van der Waals surface area contributed by atoms with Gasteiger partial charge in [0.05, 0.1) is 11.6 Å². The van der Waals surface area contributed by atoms with Crippen LogP contribution in [-0.2, 0) is 20.5 Å². The van der Waals surface area contributed by atoms with Crippen LogP contribution < -0.4 is 5.32 Å². The molecule has 0 fully saturated rings. The van der Waals surface area contributed by atoms with Gasteiger partial charge in [0.2, 0.25) is 0 Å². The molecule has 5 nitrogen and oxygen atoms in total. The number of ether oxygens (including phenoxy) is 1. The molecule has 1 rings (SSSR count). The Morgan fingerprint density at radius 1 is 1.35 bits per heavy atom. The third kappa shape index (κ3) is 6.24. The minimum absolute atomic E-state index is 0.159. The molecule has 0 spiro atoms. The first-order valence-corrected chi connectivity index (χ1v) is 7.72. The van der Waals surface area contributed by atoms with Crippen molar-refractivity contribution in [1.82, 2.24) is 5.32 Å². The van der Waals surface area contributed by atoms with Gasteiger partial charge >= 0.3 is 12.1 Å². The maximum absolute atomic E-state index is 12.6. The second-order valence-electron chi connectivity index (χ2n) is 6.08. The number of hydrogen-bond acceptors (Lipinski definition) is 4. The van der Waals surface area contributed by atoms with Gasteiger partial charge in [-0.3, -0.25) is 4.79 Å². The molecular weight excluding hydrogens is 349 g/mol. The molecule has 8 heteroatoms. The molecule has 0 saturated heterocycles. The van der Waals surface area contributed by atoms with E-state index >= 15 is 0 Å². The summed E-state index contributed by atoms with van der Waals surface area (Å²) in [7, 11) is 0. The van der Waals surface area contributed by atoms with Crippen molar-refractivity contribution < 1.29 is 27.5 Å². The van der Waals surface area contributed by atoms with Gasteiger partial charge in [-0.05, 0) is 36.6 Å². The number of halogens is 3. The third-order valence-electron chi connectivity index (χ3n) is 3.76. The number of benzene rings is 1. The normalized spacial score (nSPS) is 13.9. The highest BCUT2D eigenvalue weighted by Crippen LogP contribution is 2.29. The summed E-state index contributed by atoms with van der Waals surface area (Å²) >= 11 is 0. The first-order chi connectivity index (χ1) is 12.0. The average Bonchev–Trinajstić information content (AvgIpc) is 2.57. The van der Waals surface area contributed by atoms with E-state index in [0.29, 0.717) is 0 Å². The quantitative estimate of drug-likeness (QED) is 0.617. The van der Waals surface area contributed by atoms with Crippen molar-refractivity contribution in [2.45, 2.75) is 32.5 Å². The van der Waals surface area contributed by atoms with Gasteiger partial charge in [0, 0.05) is 6.08 Å². The number of rotatable bonds is 6. The first kappa shape index (κ1) is 21.2. The van der Waals surface area contributed by atoms with Crippen LogP contribution in [0.2, 0.25) is 0 Å². The van der Waals surface area contributed by atoms with Crippen molar-refractivity contribution in [2.24, 2.45) is 5.92 Å². The monoisotopic (exact) mass is 368 g/mol. The van der Waals surface area contributed by atoms with Crippen molar-refractivity contribution in [1.29, 1.82) is 5.26 Å². The molecule has 0 unspecified atom stereocenters. The molecule has 1 N–H and O–H groups in total. The first-order valence-electron chi connectivity index (χ1n) is 7.72. The summed E-state index contributed by atoms with van der Waals surface area (Å²) in [6.07, 6.45) is -2.40. The molecule has 1 amide bonds. The van der Waals surface area contributed by atoms with Crippen molar-refractivity contribution in [3.8, 4) is 6.07 Å². The molecule has 140 valence electrons. The molecule has 0 aliphatic rings. The summed E-state index contributed by atoms with van der Waals surface area (Å²) in [6, 6.07) is 6.40. The number of carbonyl (C=O) groups is 2. The van der Waals surface area contributed by atoms with E-state index in [2.05, 4.69) is 5.32 Å². The van der Waals surface area contributed by atoms with E-state index in [1.165, 1.54) is 12.1 Å². The van der Waals surface area contributed by atoms with Gasteiger partial charge in [-0.2, -0.15) is 18.4 Å². The standard InChI is InChI=1S/C18H19F3N2O3/c1-12(2)17(3,11-22)23-15(24)10-26-16(25)8-7-13-5-4-6-14(9-13)18(19,20)21/h4-9,12H,10H2,1-3H3,(H,23,24)/b8-7+/t17-/m0/s1. The number of hydrogen-bond donors (Lipinski definition) is 1. The zero-order valence-corrected chi connectivity index (χ0v) is 14.6. The lowest BCUT2D eigenvalue weighted by Crippen LogP contribution is -2.50. The number of esters is 1. The molecule has 0 aliphatic heterocycles. The maximum atomic E-state index is 12.6. The lowest BCUT2D eigenvalue weighted by molar-refractivity contribution is -0.144. The van der Waals surface area contributed by atoms with E-state index in [9.17, 15) is 22.8 Å². The maximum Gasteiger partial charge on any atom is 0.416 e. The van der Waals surface area contributed by atoms with Crippen LogP contribution in [0.3, 0.4) is 0 Å². The number of nitrogens with zero attached hydrogens (tertiary/aromatic N) is 1. The van der Waals surface area contributed by atoms with Gasteiger partial charge < -0.3 is 10.1 Å². The lowest BCUT2D eigenvalue weighted by atomic mass is 9.90. The Morgan fingerprint density at radius 2 is 2.00 bits per heavy atom. The number of alkyl halides is 3. The molecule has 1 aromatic rings. The van der Waals surface area contributed by atoms with Gasteiger partial charge in [-0.15, -0.1) is 0 Å². The third-order valence-corrected chi connectivity index (χ3v) is 3.76. The molecular formula is C18H19F3N2O3. The van der Waals surface area contributed by atoms with E-state index in [1.54, 1.807) is 20.8 Å². The largest absolute Gasteiger partial charge is 0.452 e. The van der Waals surface area contributed by atoms with Gasteiger partial charge in [0.1, 0.15) is 5.54 Å². The smallest absolute Gasteiger partial charge is 0.416 e. The summed E-state index contributed by atoms with van der Waals surface area (Å²) < 4.78 is 42.6. The van der Waals surface area contributed by atoms with Crippen LogP contribution >= 0.6 is 0 Å². The van der Waals surface area contributed by atoms with Crippen LogP contribution in [0.4, 0.5) is 13.2 Å². The van der Waals surface area contributed by atoms with Crippen molar-refractivity contribution >= 4 is 18.0 Å². The number of amides is 1. The van der Waals surface area contributed by atoms with Gasteiger partial charge in [0.25, 0.3) is 5.91 Å². The van der Waals surface area contributed by atoms with Gasteiger partial charge in [-0.25, -0.2) is 4.79 Å². The van der Waals surface area contributed by atoms with Crippen molar-refractivity contribution in [2.75, 3.05) is 6.61 Å². The molecule has 0 radical (unpaired) electrons. The van der Waals surface area contributed by atoms with E-state index in [0.717, 1.165) is 24.3 Å². The minimum Gasteiger partial charge on any atom is -0.452 e. The van der Waals surface area contributed by atoms with Gasteiger partial charge in [-0.1, -0.05) is 26.0 Å². The fraction of sp³-hybridized carbons (Fsp3) is 0.389. The Balaban J connectivity index is 2.61. The van der Waals surface area contributed by atoms with Crippen LogP contribution in [-0.4, -0.2) is 24.0 Å². The Bertz CT molecular complexity index is 736. The van der Waals surface area contributed by atoms with Crippen LogP contribution in [0.1, 0.15) is 31.9 Å². The SMILES string of the molecule is CC(C)[C@](C)(C#N)NC(=O)COC(=O)/C=C/c1cccc(C(F)(F)F)c1. The summed E-state index contributed by atoms with van der Waals surface area (Å²) in [5.41, 5.74) is -1.77. The topological polar surface area (TPSA) is 79.2 Å². The Kier molecular flexibility index (Phi) is 6.95. The molecule has 1 aromatic carbocycles. The second-order valence-corrected chi connectivity index (χ2v) is 6.08. The minimum atomic E-state index is -4.48. The van der Waals surface area contributed by atoms with Crippen LogP contribution in [0.25, 0.3) is 6.08 Å².